The van der Waals surface area contributed by atoms with Gasteiger partial charge in [-0.1, -0.05) is 24.3 Å². The fourth-order valence-corrected chi connectivity index (χ4v) is 3.87. The second-order valence-corrected chi connectivity index (χ2v) is 7.95. The summed E-state index contributed by atoms with van der Waals surface area (Å²) >= 11 is 0. The second-order valence-electron chi connectivity index (χ2n) is 7.95. The predicted octanol–water partition coefficient (Wildman–Crippen LogP) is 3.52. The van der Waals surface area contributed by atoms with E-state index < -0.39 is 5.79 Å². The van der Waals surface area contributed by atoms with Crippen LogP contribution in [0.3, 0.4) is 0 Å². The zero-order valence-corrected chi connectivity index (χ0v) is 16.9. The van der Waals surface area contributed by atoms with Gasteiger partial charge < -0.3 is 19.5 Å². The first-order valence-corrected chi connectivity index (χ1v) is 10.00. The molecule has 3 heterocycles. The molecule has 0 saturated carbocycles. The lowest BCUT2D eigenvalue weighted by Gasteiger charge is -2.17. The number of H-pyrrole nitrogens is 1. The van der Waals surface area contributed by atoms with E-state index in [1.165, 1.54) is 0 Å². The molecular weight excluding hydrogens is 382 g/mol. The molecule has 1 aromatic heterocycles. The third-order valence-corrected chi connectivity index (χ3v) is 5.37. The van der Waals surface area contributed by atoms with Gasteiger partial charge in [-0.15, -0.1) is 0 Å². The van der Waals surface area contributed by atoms with E-state index in [0.29, 0.717) is 25.3 Å². The van der Waals surface area contributed by atoms with Gasteiger partial charge in [0.25, 0.3) is 5.91 Å². The van der Waals surface area contributed by atoms with E-state index in [1.54, 1.807) is 12.1 Å². The molecule has 154 valence electrons. The minimum atomic E-state index is -0.593. The summed E-state index contributed by atoms with van der Waals surface area (Å²) in [4.78, 5) is 12.5. The Balaban J connectivity index is 1.29. The van der Waals surface area contributed by atoms with Crippen molar-refractivity contribution in [1.82, 2.24) is 15.5 Å². The number of ether oxygens (including phenoxy) is 3. The normalized spacial score (nSPS) is 18.9. The van der Waals surface area contributed by atoms with Gasteiger partial charge in [0.15, 0.2) is 5.79 Å². The molecule has 2 aromatic carbocycles. The summed E-state index contributed by atoms with van der Waals surface area (Å²) in [6.45, 7) is 5.07. The zero-order valence-electron chi connectivity index (χ0n) is 16.9. The lowest BCUT2D eigenvalue weighted by Crippen LogP contribution is -2.34. The average molecular weight is 405 g/mol. The number of carbonyl (C=O) groups is 1. The molecule has 7 heteroatoms. The van der Waals surface area contributed by atoms with Crippen LogP contribution >= 0.6 is 0 Å². The minimum absolute atomic E-state index is 0.137. The van der Waals surface area contributed by atoms with Crippen LogP contribution in [0.25, 0.3) is 22.5 Å². The fraction of sp³-hybridized carbons (Fsp3) is 0.304. The molecule has 2 aliphatic heterocycles. The molecule has 5 rings (SSSR count). The summed E-state index contributed by atoms with van der Waals surface area (Å²) in [6.07, 6.45) is -0.137. The molecule has 0 spiro atoms. The molecule has 30 heavy (non-hydrogen) atoms. The van der Waals surface area contributed by atoms with Crippen LogP contribution in [0.15, 0.2) is 48.5 Å². The Labute approximate surface area is 174 Å². The van der Waals surface area contributed by atoms with Crippen molar-refractivity contribution in [3.63, 3.8) is 0 Å². The van der Waals surface area contributed by atoms with Crippen molar-refractivity contribution in [2.75, 3.05) is 13.2 Å². The highest BCUT2D eigenvalue weighted by Crippen LogP contribution is 2.39. The van der Waals surface area contributed by atoms with Crippen molar-refractivity contribution in [2.24, 2.45) is 0 Å². The number of nitrogens with one attached hydrogen (secondary N) is 2. The first kappa shape index (κ1) is 18.8. The van der Waals surface area contributed by atoms with Gasteiger partial charge in [-0.25, -0.2) is 0 Å². The molecule has 3 aromatic rings. The van der Waals surface area contributed by atoms with Crippen LogP contribution in [0.2, 0.25) is 0 Å². The number of rotatable bonds is 4. The number of amides is 1. The number of nitrogens with zero attached hydrogens (tertiary/aromatic N) is 1. The summed E-state index contributed by atoms with van der Waals surface area (Å²) in [5.74, 6) is 0.118. The molecule has 1 fully saturated rings. The van der Waals surface area contributed by atoms with Gasteiger partial charge in [0.2, 0.25) is 0 Å². The number of hydrogen-bond acceptors (Lipinski definition) is 5. The maximum absolute atomic E-state index is 12.5. The lowest BCUT2D eigenvalue weighted by molar-refractivity contribution is -0.137. The number of aromatic amines is 1. The predicted molar refractivity (Wildman–Crippen MR) is 111 cm³/mol. The van der Waals surface area contributed by atoms with Gasteiger partial charge in [-0.3, -0.25) is 9.89 Å². The summed E-state index contributed by atoms with van der Waals surface area (Å²) in [5, 5.41) is 10.6. The Kier molecular flexibility index (Phi) is 4.56. The van der Waals surface area contributed by atoms with Crippen LogP contribution in [0.4, 0.5) is 0 Å². The van der Waals surface area contributed by atoms with E-state index in [1.807, 2.05) is 50.2 Å². The smallest absolute Gasteiger partial charge is 0.251 e. The van der Waals surface area contributed by atoms with E-state index in [2.05, 4.69) is 15.5 Å². The van der Waals surface area contributed by atoms with Crippen LogP contribution in [0.5, 0.6) is 5.75 Å². The highest BCUT2D eigenvalue weighted by atomic mass is 16.7. The first-order chi connectivity index (χ1) is 14.5. The van der Waals surface area contributed by atoms with E-state index >= 15 is 0 Å². The molecule has 1 saturated heterocycles. The number of hydrogen-bond donors (Lipinski definition) is 2. The quantitative estimate of drug-likeness (QED) is 0.694. The van der Waals surface area contributed by atoms with Gasteiger partial charge in [0, 0.05) is 28.8 Å². The van der Waals surface area contributed by atoms with Crippen molar-refractivity contribution in [3.8, 4) is 28.3 Å². The van der Waals surface area contributed by atoms with Crippen LogP contribution in [-0.2, 0) is 16.1 Å². The standard InChI is InChI=1S/C23H23N3O4/c1-23(2)29-12-16(30-23)11-24-22(27)15-9-7-14(8-10-15)20-18-13-28-19-6-4-3-5-17(19)21(18)26-25-20/h3-10,16H,11-13H2,1-2H3,(H,24,27)(H,25,26). The molecule has 0 aliphatic carbocycles. The van der Waals surface area contributed by atoms with E-state index in [0.717, 1.165) is 33.8 Å². The van der Waals surface area contributed by atoms with Crippen molar-refractivity contribution in [2.45, 2.75) is 32.3 Å². The van der Waals surface area contributed by atoms with Gasteiger partial charge in [-0.2, -0.15) is 5.10 Å². The van der Waals surface area contributed by atoms with Crippen LogP contribution < -0.4 is 10.1 Å². The van der Waals surface area contributed by atoms with Crippen molar-refractivity contribution in [3.05, 3.63) is 59.7 Å². The molecule has 7 nitrogen and oxygen atoms in total. The Morgan fingerprint density at radius 2 is 2.00 bits per heavy atom. The van der Waals surface area contributed by atoms with Crippen LogP contribution in [0, 0.1) is 0 Å². The third-order valence-electron chi connectivity index (χ3n) is 5.37. The van der Waals surface area contributed by atoms with Gasteiger partial charge in [0.1, 0.15) is 18.5 Å². The molecule has 2 aliphatic rings. The van der Waals surface area contributed by atoms with Gasteiger partial charge in [-0.05, 0) is 38.1 Å². The summed E-state index contributed by atoms with van der Waals surface area (Å²) in [5.41, 5.74) is 5.37. The molecule has 1 atom stereocenters. The minimum Gasteiger partial charge on any atom is -0.488 e. The zero-order chi connectivity index (χ0) is 20.7. The largest absolute Gasteiger partial charge is 0.488 e. The third kappa shape index (κ3) is 3.46. The summed E-state index contributed by atoms with van der Waals surface area (Å²) in [6, 6.07) is 15.3. The highest BCUT2D eigenvalue weighted by Gasteiger charge is 2.32. The molecule has 0 bridgehead atoms. The monoisotopic (exact) mass is 405 g/mol. The number of aromatic nitrogens is 2. The maximum Gasteiger partial charge on any atom is 0.251 e. The summed E-state index contributed by atoms with van der Waals surface area (Å²) in [7, 11) is 0. The molecule has 1 unspecified atom stereocenters. The lowest BCUT2D eigenvalue weighted by atomic mass is 9.99. The fourth-order valence-electron chi connectivity index (χ4n) is 3.87. The van der Waals surface area contributed by atoms with E-state index in [9.17, 15) is 4.79 Å². The molecule has 0 radical (unpaired) electrons. The summed E-state index contributed by atoms with van der Waals surface area (Å²) < 4.78 is 17.1. The van der Waals surface area contributed by atoms with Gasteiger partial charge >= 0.3 is 0 Å². The topological polar surface area (TPSA) is 85.5 Å². The first-order valence-electron chi connectivity index (χ1n) is 10.00. The number of benzene rings is 2. The molecule has 1 amide bonds. The SMILES string of the molecule is CC1(C)OCC(CNC(=O)c2ccc(-c3n[nH]c4c3COc3ccccc3-4)cc2)O1. The van der Waals surface area contributed by atoms with Crippen molar-refractivity contribution in [1.29, 1.82) is 0 Å². The van der Waals surface area contributed by atoms with Gasteiger partial charge in [0.05, 0.1) is 18.0 Å². The van der Waals surface area contributed by atoms with Crippen LogP contribution in [-0.4, -0.2) is 41.1 Å². The molecule has 2 N–H and O–H groups in total. The number of carbonyl (C=O) groups excluding carboxylic acids is 1. The Bertz CT molecular complexity index is 1090. The Morgan fingerprint density at radius 3 is 2.77 bits per heavy atom. The second kappa shape index (κ2) is 7.27. The molecular formula is C23H23N3O4. The highest BCUT2D eigenvalue weighted by molar-refractivity contribution is 5.94. The maximum atomic E-state index is 12.5. The number of fused-ring (bicyclic) bond motifs is 3. The van der Waals surface area contributed by atoms with Crippen LogP contribution in [0.1, 0.15) is 29.8 Å². The van der Waals surface area contributed by atoms with Crippen molar-refractivity contribution < 1.29 is 19.0 Å². The van der Waals surface area contributed by atoms with Crippen molar-refractivity contribution >= 4 is 5.91 Å². The van der Waals surface area contributed by atoms with E-state index in [-0.39, 0.29) is 12.0 Å². The Morgan fingerprint density at radius 1 is 1.20 bits per heavy atom. The Hall–Kier alpha value is -3.16. The number of para-hydroxylation sites is 1. The average Bonchev–Trinajstić information content (AvgIpc) is 3.35. The van der Waals surface area contributed by atoms with E-state index in [4.69, 9.17) is 14.2 Å².